The van der Waals surface area contributed by atoms with Crippen LogP contribution in [-0.4, -0.2) is 54.7 Å². The summed E-state index contributed by atoms with van der Waals surface area (Å²) in [7, 11) is 0. The fourth-order valence-corrected chi connectivity index (χ4v) is 3.68. The van der Waals surface area contributed by atoms with Crippen LogP contribution >= 0.6 is 23.5 Å². The number of nitrogens with two attached hydrogens (primary N) is 1. The lowest BCUT2D eigenvalue weighted by Gasteiger charge is -2.17. The van der Waals surface area contributed by atoms with Gasteiger partial charge in [0.25, 0.3) is 0 Å². The van der Waals surface area contributed by atoms with Crippen molar-refractivity contribution in [3.05, 3.63) is 11.7 Å². The van der Waals surface area contributed by atoms with Crippen LogP contribution in [-0.2, 0) is 17.0 Å². The van der Waals surface area contributed by atoms with Gasteiger partial charge in [-0.3, -0.25) is 4.79 Å². The number of hydrogen-bond donors (Lipinski definition) is 1. The molecular formula is C15H25N7O2S2. The highest BCUT2D eigenvalue weighted by atomic mass is 32.2. The van der Waals surface area contributed by atoms with Crippen molar-refractivity contribution >= 4 is 29.4 Å². The van der Waals surface area contributed by atoms with E-state index < -0.39 is 0 Å². The molecule has 26 heavy (non-hydrogen) atoms. The molecule has 2 aromatic rings. The van der Waals surface area contributed by atoms with Crippen LogP contribution in [0, 0.1) is 0 Å². The summed E-state index contributed by atoms with van der Waals surface area (Å²) in [4.78, 5) is 18.2. The maximum atomic E-state index is 12.1. The minimum Gasteiger partial charge on any atom is -0.343 e. The molecule has 9 nitrogen and oxygen atoms in total. The third-order valence-corrected chi connectivity index (χ3v) is 5.52. The zero-order chi connectivity index (χ0) is 18.9. The average Bonchev–Trinajstić information content (AvgIpc) is 3.24. The number of aryl methyl sites for hydroxylation is 1. The minimum atomic E-state index is 0.0580. The molecule has 1 amide bonds. The first-order chi connectivity index (χ1) is 12.6. The molecular weight excluding hydrogens is 374 g/mol. The quantitative estimate of drug-likeness (QED) is 0.447. The maximum absolute atomic E-state index is 12.1. The highest BCUT2D eigenvalue weighted by Crippen LogP contribution is 2.23. The van der Waals surface area contributed by atoms with Crippen LogP contribution in [0.25, 0.3) is 0 Å². The molecule has 0 atom stereocenters. The van der Waals surface area contributed by atoms with E-state index in [1.165, 1.54) is 28.2 Å². The molecule has 2 heterocycles. The number of aromatic nitrogens is 5. The van der Waals surface area contributed by atoms with Gasteiger partial charge >= 0.3 is 0 Å². The molecule has 0 saturated heterocycles. The number of carbonyl (C=O) groups excluding carboxylic acids is 1. The SMILES string of the molecule is CCCCc1noc(CSc2nnc(SCC(=O)N(CC)CC)n2N)n1. The van der Waals surface area contributed by atoms with Crippen molar-refractivity contribution in [1.82, 2.24) is 29.9 Å². The largest absolute Gasteiger partial charge is 0.343 e. The lowest BCUT2D eigenvalue weighted by molar-refractivity contribution is -0.127. The maximum Gasteiger partial charge on any atom is 0.237 e. The molecule has 0 bridgehead atoms. The van der Waals surface area contributed by atoms with Gasteiger partial charge in [0, 0.05) is 19.5 Å². The lowest BCUT2D eigenvalue weighted by Crippen LogP contribution is -2.32. The van der Waals surface area contributed by atoms with Gasteiger partial charge in [-0.1, -0.05) is 42.0 Å². The van der Waals surface area contributed by atoms with E-state index in [-0.39, 0.29) is 11.7 Å². The Labute approximate surface area is 161 Å². The van der Waals surface area contributed by atoms with E-state index in [1.807, 2.05) is 13.8 Å². The van der Waals surface area contributed by atoms with Crippen molar-refractivity contribution in [3.63, 3.8) is 0 Å². The summed E-state index contributed by atoms with van der Waals surface area (Å²) in [6.45, 7) is 7.42. The Bertz CT molecular complexity index is 700. The summed E-state index contributed by atoms with van der Waals surface area (Å²) in [5.41, 5.74) is 0. The Balaban J connectivity index is 1.86. The fourth-order valence-electron chi connectivity index (χ4n) is 2.17. The van der Waals surface area contributed by atoms with Gasteiger partial charge in [-0.05, 0) is 20.3 Å². The molecule has 0 spiro atoms. The number of amides is 1. The number of nitrogen functional groups attached to an aromatic ring is 1. The summed E-state index contributed by atoms with van der Waals surface area (Å²) in [6, 6.07) is 0. The smallest absolute Gasteiger partial charge is 0.237 e. The minimum absolute atomic E-state index is 0.0580. The summed E-state index contributed by atoms with van der Waals surface area (Å²) in [5, 5.41) is 13.1. The van der Waals surface area contributed by atoms with Crippen LogP contribution in [0.5, 0.6) is 0 Å². The van der Waals surface area contributed by atoms with Gasteiger partial charge in [-0.25, -0.2) is 4.68 Å². The summed E-state index contributed by atoms with van der Waals surface area (Å²) in [6.07, 6.45) is 2.95. The second-order valence-corrected chi connectivity index (χ2v) is 7.37. The molecule has 0 aromatic carbocycles. The van der Waals surface area contributed by atoms with Crippen molar-refractivity contribution in [2.75, 3.05) is 24.7 Å². The van der Waals surface area contributed by atoms with E-state index in [1.54, 1.807) is 4.90 Å². The van der Waals surface area contributed by atoms with Gasteiger partial charge in [-0.15, -0.1) is 10.2 Å². The highest BCUT2D eigenvalue weighted by molar-refractivity contribution is 8.00. The molecule has 0 radical (unpaired) electrons. The van der Waals surface area contributed by atoms with Gasteiger partial charge in [0.05, 0.1) is 11.5 Å². The molecule has 0 saturated carbocycles. The van der Waals surface area contributed by atoms with E-state index in [2.05, 4.69) is 27.3 Å². The molecule has 0 aliphatic carbocycles. The Kier molecular flexibility index (Phi) is 8.23. The molecule has 2 rings (SSSR count). The van der Waals surface area contributed by atoms with Gasteiger partial charge in [0.15, 0.2) is 5.82 Å². The van der Waals surface area contributed by atoms with Crippen LogP contribution in [0.2, 0.25) is 0 Å². The van der Waals surface area contributed by atoms with Crippen LogP contribution in [0.1, 0.15) is 45.3 Å². The van der Waals surface area contributed by atoms with E-state index in [9.17, 15) is 4.79 Å². The summed E-state index contributed by atoms with van der Waals surface area (Å²) < 4.78 is 6.61. The third-order valence-electron chi connectivity index (χ3n) is 3.66. The molecule has 2 aromatic heterocycles. The number of nitrogens with zero attached hydrogens (tertiary/aromatic N) is 6. The third kappa shape index (κ3) is 5.63. The first-order valence-electron chi connectivity index (χ1n) is 8.64. The molecule has 0 fully saturated rings. The molecule has 2 N–H and O–H groups in total. The van der Waals surface area contributed by atoms with E-state index in [4.69, 9.17) is 10.4 Å². The van der Waals surface area contributed by atoms with E-state index in [0.717, 1.165) is 25.1 Å². The first kappa shape index (κ1) is 20.6. The molecule has 144 valence electrons. The second-order valence-electron chi connectivity index (χ2n) is 5.49. The Hall–Kier alpha value is -1.75. The van der Waals surface area contributed by atoms with Crippen molar-refractivity contribution in [2.24, 2.45) is 0 Å². The predicted molar refractivity (Wildman–Crippen MR) is 101 cm³/mol. The number of carbonyl (C=O) groups is 1. The highest BCUT2D eigenvalue weighted by Gasteiger charge is 2.16. The van der Waals surface area contributed by atoms with Gasteiger partial charge in [0.1, 0.15) is 0 Å². The predicted octanol–water partition coefficient (Wildman–Crippen LogP) is 1.97. The van der Waals surface area contributed by atoms with Crippen LogP contribution < -0.4 is 5.84 Å². The normalized spacial score (nSPS) is 11.0. The monoisotopic (exact) mass is 399 g/mol. The van der Waals surface area contributed by atoms with Gasteiger partial charge in [0.2, 0.25) is 22.1 Å². The van der Waals surface area contributed by atoms with Crippen molar-refractivity contribution in [1.29, 1.82) is 0 Å². The average molecular weight is 400 g/mol. The molecule has 0 aliphatic heterocycles. The van der Waals surface area contributed by atoms with E-state index in [0.29, 0.717) is 35.0 Å². The Morgan fingerprint density at radius 3 is 2.54 bits per heavy atom. The van der Waals surface area contributed by atoms with Crippen molar-refractivity contribution in [2.45, 2.75) is 56.1 Å². The Morgan fingerprint density at radius 1 is 1.19 bits per heavy atom. The Morgan fingerprint density at radius 2 is 1.88 bits per heavy atom. The van der Waals surface area contributed by atoms with Gasteiger partial charge in [-0.2, -0.15) is 4.98 Å². The molecule has 11 heteroatoms. The second kappa shape index (κ2) is 10.4. The number of thioether (sulfide) groups is 2. The topological polar surface area (TPSA) is 116 Å². The zero-order valence-corrected chi connectivity index (χ0v) is 17.0. The zero-order valence-electron chi connectivity index (χ0n) is 15.3. The standard InChI is InChI=1S/C15H25N7O2S2/c1-4-7-8-11-17-12(24-20-11)9-25-14-18-19-15(22(14)16)26-10-13(23)21(5-2)6-3/h4-10,16H2,1-3H3. The number of hydrogen-bond acceptors (Lipinski definition) is 9. The lowest BCUT2D eigenvalue weighted by atomic mass is 10.2. The first-order valence-corrected chi connectivity index (χ1v) is 10.6. The summed E-state index contributed by atoms with van der Waals surface area (Å²) in [5.74, 6) is 8.10. The molecule has 0 aliphatic rings. The van der Waals surface area contributed by atoms with Crippen LogP contribution in [0.3, 0.4) is 0 Å². The molecule has 0 unspecified atom stereocenters. The summed E-state index contributed by atoms with van der Waals surface area (Å²) >= 11 is 2.65. The van der Waals surface area contributed by atoms with Crippen LogP contribution in [0.4, 0.5) is 0 Å². The van der Waals surface area contributed by atoms with Gasteiger partial charge < -0.3 is 15.3 Å². The van der Waals surface area contributed by atoms with Crippen molar-refractivity contribution < 1.29 is 9.32 Å². The van der Waals surface area contributed by atoms with Crippen LogP contribution in [0.15, 0.2) is 14.8 Å². The van der Waals surface area contributed by atoms with Crippen molar-refractivity contribution in [3.8, 4) is 0 Å². The van der Waals surface area contributed by atoms with E-state index >= 15 is 0 Å². The fraction of sp³-hybridized carbons (Fsp3) is 0.667. The number of rotatable bonds is 11. The number of unbranched alkanes of at least 4 members (excludes halogenated alkanes) is 1.